The van der Waals surface area contributed by atoms with E-state index in [0.717, 1.165) is 24.1 Å². The topological polar surface area (TPSA) is 49.9 Å². The summed E-state index contributed by atoms with van der Waals surface area (Å²) in [5.41, 5.74) is 1.23. The lowest BCUT2D eigenvalue weighted by Crippen LogP contribution is -2.49. The SMILES string of the molecule is CN(C(=O)c1cccs1)C(Cc1ccccc1)C1CCN(C(=O)COc2ccccc2)CC1. The molecule has 0 spiro atoms. The molecule has 2 amide bonds. The van der Waals surface area contributed by atoms with Crippen LogP contribution in [0.1, 0.15) is 28.1 Å². The van der Waals surface area contributed by atoms with Crippen LogP contribution in [0.15, 0.2) is 78.2 Å². The third-order valence-corrected chi connectivity index (χ3v) is 7.24. The average molecular weight is 463 g/mol. The predicted octanol–water partition coefficient (Wildman–Crippen LogP) is 4.75. The van der Waals surface area contributed by atoms with Gasteiger partial charge < -0.3 is 14.5 Å². The molecule has 5 nitrogen and oxygen atoms in total. The van der Waals surface area contributed by atoms with Crippen LogP contribution >= 0.6 is 11.3 Å². The first kappa shape index (κ1) is 23.1. The lowest BCUT2D eigenvalue weighted by molar-refractivity contribution is -0.135. The van der Waals surface area contributed by atoms with Gasteiger partial charge in [-0.3, -0.25) is 9.59 Å². The number of likely N-dealkylation sites (N-methyl/N-ethyl adjacent to an activating group) is 1. The van der Waals surface area contributed by atoms with Gasteiger partial charge in [0, 0.05) is 26.2 Å². The van der Waals surface area contributed by atoms with Crippen molar-refractivity contribution >= 4 is 23.2 Å². The molecule has 172 valence electrons. The molecule has 1 atom stereocenters. The molecule has 1 saturated heterocycles. The fourth-order valence-corrected chi connectivity index (χ4v) is 5.19. The van der Waals surface area contributed by atoms with Gasteiger partial charge in [-0.25, -0.2) is 0 Å². The number of ether oxygens (including phenoxy) is 1. The molecule has 0 saturated carbocycles. The van der Waals surface area contributed by atoms with Crippen molar-refractivity contribution in [1.29, 1.82) is 0 Å². The van der Waals surface area contributed by atoms with Gasteiger partial charge in [-0.2, -0.15) is 0 Å². The number of amides is 2. The van der Waals surface area contributed by atoms with Crippen molar-refractivity contribution in [2.75, 3.05) is 26.7 Å². The first-order valence-corrected chi connectivity index (χ1v) is 12.3. The highest BCUT2D eigenvalue weighted by Gasteiger charge is 2.33. The Hall–Kier alpha value is -3.12. The second-order valence-electron chi connectivity index (χ2n) is 8.47. The molecule has 2 heterocycles. The summed E-state index contributed by atoms with van der Waals surface area (Å²) in [6.07, 6.45) is 2.55. The van der Waals surface area contributed by atoms with Crippen molar-refractivity contribution in [3.05, 3.63) is 88.6 Å². The molecule has 3 aromatic rings. The van der Waals surface area contributed by atoms with Crippen LogP contribution in [0.5, 0.6) is 5.75 Å². The van der Waals surface area contributed by atoms with Crippen LogP contribution in [-0.2, 0) is 11.2 Å². The van der Waals surface area contributed by atoms with Crippen molar-refractivity contribution in [3.8, 4) is 5.75 Å². The van der Waals surface area contributed by atoms with Crippen LogP contribution in [0, 0.1) is 5.92 Å². The van der Waals surface area contributed by atoms with Gasteiger partial charge in [0.05, 0.1) is 4.88 Å². The average Bonchev–Trinajstić information content (AvgIpc) is 3.41. The van der Waals surface area contributed by atoms with E-state index in [0.29, 0.717) is 24.8 Å². The minimum Gasteiger partial charge on any atom is -0.484 e. The highest BCUT2D eigenvalue weighted by atomic mass is 32.1. The molecule has 6 heteroatoms. The molecular formula is C27H30N2O3S. The van der Waals surface area contributed by atoms with E-state index < -0.39 is 0 Å². The fourth-order valence-electron chi connectivity index (χ4n) is 4.49. The number of carbonyl (C=O) groups is 2. The first-order chi connectivity index (χ1) is 16.1. The summed E-state index contributed by atoms with van der Waals surface area (Å²) in [6, 6.07) is 23.7. The Kier molecular flexibility index (Phi) is 7.79. The van der Waals surface area contributed by atoms with Gasteiger partial charge >= 0.3 is 0 Å². The van der Waals surface area contributed by atoms with Crippen LogP contribution in [-0.4, -0.2) is 54.4 Å². The van der Waals surface area contributed by atoms with Gasteiger partial charge in [0.2, 0.25) is 0 Å². The summed E-state index contributed by atoms with van der Waals surface area (Å²) < 4.78 is 5.64. The number of hydrogen-bond donors (Lipinski definition) is 0. The van der Waals surface area contributed by atoms with Gasteiger partial charge in [0.15, 0.2) is 6.61 Å². The van der Waals surface area contributed by atoms with E-state index in [1.807, 2.05) is 82.9 Å². The molecule has 0 N–H and O–H groups in total. The van der Waals surface area contributed by atoms with Crippen molar-refractivity contribution < 1.29 is 14.3 Å². The molecule has 4 rings (SSSR count). The number of rotatable bonds is 8. The molecule has 33 heavy (non-hydrogen) atoms. The van der Waals surface area contributed by atoms with E-state index in [2.05, 4.69) is 12.1 Å². The summed E-state index contributed by atoms with van der Waals surface area (Å²) in [6.45, 7) is 1.43. The monoisotopic (exact) mass is 462 g/mol. The quantitative estimate of drug-likeness (QED) is 0.485. The number of thiophene rings is 1. The second-order valence-corrected chi connectivity index (χ2v) is 9.42. The lowest BCUT2D eigenvalue weighted by atomic mass is 9.85. The Morgan fingerprint density at radius 3 is 2.30 bits per heavy atom. The van der Waals surface area contributed by atoms with E-state index in [-0.39, 0.29) is 24.5 Å². The standard InChI is InChI=1S/C27H30N2O3S/c1-28(27(31)25-13-8-18-33-25)24(19-21-9-4-2-5-10-21)22-14-16-29(17-15-22)26(30)20-32-23-11-6-3-7-12-23/h2-13,18,22,24H,14-17,19-20H2,1H3. The molecule has 2 aromatic carbocycles. The fraction of sp³-hybridized carbons (Fsp3) is 0.333. The normalized spacial score (nSPS) is 15.1. The van der Waals surface area contributed by atoms with Gasteiger partial charge in [-0.1, -0.05) is 54.6 Å². The van der Waals surface area contributed by atoms with Crippen molar-refractivity contribution in [1.82, 2.24) is 9.80 Å². The van der Waals surface area contributed by atoms with Crippen LogP contribution in [0.4, 0.5) is 0 Å². The smallest absolute Gasteiger partial charge is 0.263 e. The van der Waals surface area contributed by atoms with Gasteiger partial charge in [-0.15, -0.1) is 11.3 Å². The van der Waals surface area contributed by atoms with E-state index in [1.165, 1.54) is 16.9 Å². The summed E-state index contributed by atoms with van der Waals surface area (Å²) in [5.74, 6) is 1.12. The maximum absolute atomic E-state index is 13.1. The summed E-state index contributed by atoms with van der Waals surface area (Å²) in [7, 11) is 1.92. The zero-order valence-electron chi connectivity index (χ0n) is 18.9. The predicted molar refractivity (Wildman–Crippen MR) is 132 cm³/mol. The van der Waals surface area contributed by atoms with E-state index in [4.69, 9.17) is 4.74 Å². The number of benzene rings is 2. The van der Waals surface area contributed by atoms with Crippen LogP contribution in [0.2, 0.25) is 0 Å². The first-order valence-electron chi connectivity index (χ1n) is 11.4. The second kappa shape index (κ2) is 11.1. The number of piperidine rings is 1. The Morgan fingerprint density at radius 2 is 1.67 bits per heavy atom. The molecule has 0 radical (unpaired) electrons. The Balaban J connectivity index is 1.39. The Labute approximate surface area is 199 Å². The molecule has 1 unspecified atom stereocenters. The van der Waals surface area contributed by atoms with Crippen LogP contribution < -0.4 is 4.74 Å². The van der Waals surface area contributed by atoms with E-state index >= 15 is 0 Å². The summed E-state index contributed by atoms with van der Waals surface area (Å²) in [5, 5.41) is 1.94. The van der Waals surface area contributed by atoms with E-state index in [9.17, 15) is 9.59 Å². The molecule has 1 fully saturated rings. The lowest BCUT2D eigenvalue weighted by Gasteiger charge is -2.40. The highest BCUT2D eigenvalue weighted by molar-refractivity contribution is 7.12. The number of likely N-dealkylation sites (tertiary alicyclic amines) is 1. The van der Waals surface area contributed by atoms with Gasteiger partial charge in [0.1, 0.15) is 5.75 Å². The molecule has 1 aliphatic heterocycles. The maximum atomic E-state index is 13.1. The zero-order chi connectivity index (χ0) is 23.0. The number of para-hydroxylation sites is 1. The highest BCUT2D eigenvalue weighted by Crippen LogP contribution is 2.28. The summed E-state index contributed by atoms with van der Waals surface area (Å²) >= 11 is 1.48. The molecule has 0 bridgehead atoms. The summed E-state index contributed by atoms with van der Waals surface area (Å²) in [4.78, 5) is 30.4. The molecule has 1 aromatic heterocycles. The van der Waals surface area contributed by atoms with Crippen molar-refractivity contribution in [2.24, 2.45) is 5.92 Å². The largest absolute Gasteiger partial charge is 0.484 e. The van der Waals surface area contributed by atoms with Gasteiger partial charge in [-0.05, 0) is 54.3 Å². The van der Waals surface area contributed by atoms with Crippen LogP contribution in [0.3, 0.4) is 0 Å². The van der Waals surface area contributed by atoms with Crippen LogP contribution in [0.25, 0.3) is 0 Å². The van der Waals surface area contributed by atoms with Gasteiger partial charge in [0.25, 0.3) is 11.8 Å². The molecule has 1 aliphatic rings. The van der Waals surface area contributed by atoms with E-state index in [1.54, 1.807) is 0 Å². The third-order valence-electron chi connectivity index (χ3n) is 6.38. The maximum Gasteiger partial charge on any atom is 0.263 e. The molecular weight excluding hydrogens is 432 g/mol. The van der Waals surface area contributed by atoms with Crippen molar-refractivity contribution in [2.45, 2.75) is 25.3 Å². The number of nitrogens with zero attached hydrogens (tertiary/aromatic N) is 2. The number of carbonyl (C=O) groups excluding carboxylic acids is 2. The number of hydrogen-bond acceptors (Lipinski definition) is 4. The Bertz CT molecular complexity index is 1020. The third kappa shape index (κ3) is 6.02. The zero-order valence-corrected chi connectivity index (χ0v) is 19.7. The van der Waals surface area contributed by atoms with Crippen molar-refractivity contribution in [3.63, 3.8) is 0 Å². The Morgan fingerprint density at radius 1 is 1.00 bits per heavy atom. The minimum atomic E-state index is 0.0138. The molecule has 0 aliphatic carbocycles. The minimum absolute atomic E-state index is 0.0138.